The molecule has 0 radical (unpaired) electrons. The van der Waals surface area contributed by atoms with E-state index in [2.05, 4.69) is 16.9 Å². The zero-order chi connectivity index (χ0) is 18.1. The number of hydrogen-bond acceptors (Lipinski definition) is 4. The van der Waals surface area contributed by atoms with Gasteiger partial charge >= 0.3 is 0 Å². The first-order chi connectivity index (χ1) is 12.6. The molecule has 5 heteroatoms. The van der Waals surface area contributed by atoms with Crippen LogP contribution >= 0.6 is 0 Å². The zero-order valence-electron chi connectivity index (χ0n) is 15.3. The number of piperidine rings is 1. The molecule has 136 valence electrons. The first kappa shape index (κ1) is 17.1. The number of fused-ring (bicyclic) bond motifs is 1. The minimum Gasteiger partial charge on any atom is -0.508 e. The Morgan fingerprint density at radius 3 is 2.69 bits per heavy atom. The summed E-state index contributed by atoms with van der Waals surface area (Å²) in [6.45, 7) is 4.02. The molecule has 3 aromatic rings. The molecule has 0 aliphatic carbocycles. The van der Waals surface area contributed by atoms with Gasteiger partial charge in [-0.25, -0.2) is 4.98 Å². The Labute approximate surface area is 153 Å². The van der Waals surface area contributed by atoms with Crippen molar-refractivity contribution in [2.75, 3.05) is 20.1 Å². The molecule has 0 bridgehead atoms. The number of H-pyrrole nitrogens is 1. The van der Waals surface area contributed by atoms with Crippen LogP contribution in [0.1, 0.15) is 35.9 Å². The number of aromatic hydroxyl groups is 1. The molecule has 2 aromatic carbocycles. The third-order valence-electron chi connectivity index (χ3n) is 5.12. The normalized spacial score (nSPS) is 17.6. The molecule has 0 amide bonds. The van der Waals surface area contributed by atoms with E-state index in [9.17, 15) is 5.11 Å². The van der Waals surface area contributed by atoms with Crippen LogP contribution in [0.5, 0.6) is 5.75 Å². The van der Waals surface area contributed by atoms with Gasteiger partial charge in [0, 0.05) is 18.7 Å². The van der Waals surface area contributed by atoms with Crippen molar-refractivity contribution >= 4 is 11.0 Å². The number of aryl methyl sites for hydroxylation is 1. The summed E-state index contributed by atoms with van der Waals surface area (Å²) < 4.78 is 6.48. The molecule has 1 aromatic heterocycles. The number of ether oxygens (including phenoxy) is 1. The molecule has 1 fully saturated rings. The van der Waals surface area contributed by atoms with Crippen LogP contribution in [-0.2, 0) is 4.74 Å². The lowest BCUT2D eigenvalue weighted by Crippen LogP contribution is -2.35. The van der Waals surface area contributed by atoms with Gasteiger partial charge in [0.15, 0.2) is 0 Å². The van der Waals surface area contributed by atoms with Gasteiger partial charge in [0.1, 0.15) is 17.7 Å². The van der Waals surface area contributed by atoms with Crippen LogP contribution in [0.4, 0.5) is 0 Å². The SMILES string of the molecule is Cc1ccc(C(OC2CCN(C)CC2)c2nc3ccccc3[nH]2)c(O)c1. The number of nitrogens with zero attached hydrogens (tertiary/aromatic N) is 2. The number of aromatic amines is 1. The van der Waals surface area contributed by atoms with Gasteiger partial charge < -0.3 is 19.7 Å². The number of benzene rings is 2. The summed E-state index contributed by atoms with van der Waals surface area (Å²) in [5, 5.41) is 10.5. The van der Waals surface area contributed by atoms with Crippen molar-refractivity contribution < 1.29 is 9.84 Å². The largest absolute Gasteiger partial charge is 0.508 e. The van der Waals surface area contributed by atoms with E-state index >= 15 is 0 Å². The standard InChI is InChI=1S/C21H25N3O2/c1-14-7-8-16(19(25)13-14)20(26-15-9-11-24(2)12-10-15)21-22-17-5-3-4-6-18(17)23-21/h3-8,13,15,20,25H,9-12H2,1-2H3,(H,22,23). The summed E-state index contributed by atoms with van der Waals surface area (Å²) in [5.41, 5.74) is 3.67. The summed E-state index contributed by atoms with van der Waals surface area (Å²) >= 11 is 0. The second-order valence-electron chi connectivity index (χ2n) is 7.22. The summed E-state index contributed by atoms with van der Waals surface area (Å²) in [6, 6.07) is 13.7. The smallest absolute Gasteiger partial charge is 0.144 e. The van der Waals surface area contributed by atoms with E-state index in [0.717, 1.165) is 53.9 Å². The van der Waals surface area contributed by atoms with Gasteiger partial charge in [0.25, 0.3) is 0 Å². The van der Waals surface area contributed by atoms with Crippen LogP contribution in [0.25, 0.3) is 11.0 Å². The van der Waals surface area contributed by atoms with Crippen molar-refractivity contribution in [3.63, 3.8) is 0 Å². The van der Waals surface area contributed by atoms with E-state index in [1.54, 1.807) is 6.07 Å². The number of nitrogens with one attached hydrogen (secondary N) is 1. The molecule has 2 N–H and O–H groups in total. The van der Waals surface area contributed by atoms with E-state index in [1.165, 1.54) is 0 Å². The first-order valence-corrected chi connectivity index (χ1v) is 9.18. The fourth-order valence-corrected chi connectivity index (χ4v) is 3.57. The summed E-state index contributed by atoms with van der Waals surface area (Å²) in [7, 11) is 2.14. The maximum absolute atomic E-state index is 10.5. The van der Waals surface area contributed by atoms with Gasteiger partial charge in [-0.3, -0.25) is 0 Å². The third kappa shape index (κ3) is 3.45. The highest BCUT2D eigenvalue weighted by Crippen LogP contribution is 2.34. The number of rotatable bonds is 4. The van der Waals surface area contributed by atoms with E-state index in [4.69, 9.17) is 9.72 Å². The first-order valence-electron chi connectivity index (χ1n) is 9.18. The fourth-order valence-electron chi connectivity index (χ4n) is 3.57. The van der Waals surface area contributed by atoms with Crippen LogP contribution in [0.2, 0.25) is 0 Å². The zero-order valence-corrected chi connectivity index (χ0v) is 15.3. The molecule has 26 heavy (non-hydrogen) atoms. The van der Waals surface area contributed by atoms with E-state index in [0.29, 0.717) is 0 Å². The summed E-state index contributed by atoms with van der Waals surface area (Å²) in [4.78, 5) is 10.4. The molecule has 0 saturated carbocycles. The van der Waals surface area contributed by atoms with Crippen molar-refractivity contribution in [3.05, 3.63) is 59.4 Å². The van der Waals surface area contributed by atoms with Gasteiger partial charge in [0.05, 0.1) is 17.1 Å². The lowest BCUT2D eigenvalue weighted by atomic mass is 10.0. The van der Waals surface area contributed by atoms with Crippen LogP contribution in [-0.4, -0.2) is 46.2 Å². The maximum atomic E-state index is 10.5. The number of hydrogen-bond donors (Lipinski definition) is 2. The highest BCUT2D eigenvalue weighted by Gasteiger charge is 2.27. The van der Waals surface area contributed by atoms with E-state index < -0.39 is 6.10 Å². The van der Waals surface area contributed by atoms with Crippen LogP contribution in [0, 0.1) is 6.92 Å². The van der Waals surface area contributed by atoms with E-state index in [-0.39, 0.29) is 11.9 Å². The number of phenolic OH excluding ortho intramolecular Hbond substituents is 1. The molecule has 1 saturated heterocycles. The quantitative estimate of drug-likeness (QED) is 0.751. The van der Waals surface area contributed by atoms with Gasteiger partial charge in [-0.05, 0) is 50.6 Å². The minimum atomic E-state index is -0.406. The predicted octanol–water partition coefficient (Wildman–Crippen LogP) is 3.78. The molecular formula is C21H25N3O2. The number of imidazole rings is 1. The molecule has 2 heterocycles. The van der Waals surface area contributed by atoms with Crippen LogP contribution < -0.4 is 0 Å². The molecule has 1 aliphatic rings. The molecule has 0 spiro atoms. The number of para-hydroxylation sites is 2. The van der Waals surface area contributed by atoms with Crippen LogP contribution in [0.3, 0.4) is 0 Å². The lowest BCUT2D eigenvalue weighted by molar-refractivity contribution is -0.0271. The van der Waals surface area contributed by atoms with Gasteiger partial charge in [-0.1, -0.05) is 24.3 Å². The molecular weight excluding hydrogens is 326 g/mol. The number of aromatic nitrogens is 2. The summed E-state index contributed by atoms with van der Waals surface area (Å²) in [5.74, 6) is 0.993. The number of likely N-dealkylation sites (tertiary alicyclic amines) is 1. The van der Waals surface area contributed by atoms with Crippen molar-refractivity contribution in [2.45, 2.75) is 32.0 Å². The van der Waals surface area contributed by atoms with Crippen molar-refractivity contribution in [2.24, 2.45) is 0 Å². The molecule has 1 unspecified atom stereocenters. The second-order valence-corrected chi connectivity index (χ2v) is 7.22. The average molecular weight is 351 g/mol. The molecule has 1 aliphatic heterocycles. The fraction of sp³-hybridized carbons (Fsp3) is 0.381. The van der Waals surface area contributed by atoms with Gasteiger partial charge in [-0.2, -0.15) is 0 Å². The molecule has 5 nitrogen and oxygen atoms in total. The Kier molecular flexibility index (Phi) is 4.66. The topological polar surface area (TPSA) is 61.4 Å². The average Bonchev–Trinajstić information content (AvgIpc) is 3.06. The lowest BCUT2D eigenvalue weighted by Gasteiger charge is -2.31. The molecule has 4 rings (SSSR count). The third-order valence-corrected chi connectivity index (χ3v) is 5.12. The van der Waals surface area contributed by atoms with Crippen LogP contribution in [0.15, 0.2) is 42.5 Å². The van der Waals surface area contributed by atoms with Crippen molar-refractivity contribution in [1.29, 1.82) is 0 Å². The Bertz CT molecular complexity index is 864. The Balaban J connectivity index is 1.70. The Morgan fingerprint density at radius 2 is 1.96 bits per heavy atom. The van der Waals surface area contributed by atoms with Crippen molar-refractivity contribution in [1.82, 2.24) is 14.9 Å². The predicted molar refractivity (Wildman–Crippen MR) is 102 cm³/mol. The highest BCUT2D eigenvalue weighted by molar-refractivity contribution is 5.75. The van der Waals surface area contributed by atoms with E-state index in [1.807, 2.05) is 43.3 Å². The Morgan fingerprint density at radius 1 is 1.19 bits per heavy atom. The number of phenols is 1. The second kappa shape index (κ2) is 7.09. The van der Waals surface area contributed by atoms with Gasteiger partial charge in [0.2, 0.25) is 0 Å². The monoisotopic (exact) mass is 351 g/mol. The minimum absolute atomic E-state index is 0.158. The maximum Gasteiger partial charge on any atom is 0.144 e. The van der Waals surface area contributed by atoms with Gasteiger partial charge in [-0.15, -0.1) is 0 Å². The highest BCUT2D eigenvalue weighted by atomic mass is 16.5. The van der Waals surface area contributed by atoms with Crippen molar-refractivity contribution in [3.8, 4) is 5.75 Å². The summed E-state index contributed by atoms with van der Waals surface area (Å²) in [6.07, 6.45) is 1.72. The molecule has 1 atom stereocenters. The Hall–Kier alpha value is -2.37.